The van der Waals surface area contributed by atoms with Gasteiger partial charge in [0.2, 0.25) is 0 Å². The molecule has 1 saturated carbocycles. The van der Waals surface area contributed by atoms with Crippen LogP contribution in [0, 0.1) is 6.92 Å². The highest BCUT2D eigenvalue weighted by Crippen LogP contribution is 2.40. The Morgan fingerprint density at radius 2 is 2.26 bits per heavy atom. The van der Waals surface area contributed by atoms with Crippen molar-refractivity contribution < 1.29 is 0 Å². The van der Waals surface area contributed by atoms with E-state index in [1.807, 2.05) is 10.9 Å². The minimum Gasteiger partial charge on any atom is -0.311 e. The first-order chi connectivity index (χ1) is 9.31. The van der Waals surface area contributed by atoms with Gasteiger partial charge in [0.15, 0.2) is 0 Å². The smallest absolute Gasteiger partial charge is 0.0534 e. The van der Waals surface area contributed by atoms with Crippen LogP contribution >= 0.6 is 0 Å². The molecule has 2 aromatic rings. The standard InChI is InChI=1S/C16H21N3/c1-13-10-18-19(12-13)8-7-17-11-14-3-2-4-16(9-14)15-5-6-15/h2-4,9-10,12,15,17H,5-8,11H2,1H3. The van der Waals surface area contributed by atoms with E-state index in [9.17, 15) is 0 Å². The molecule has 0 aliphatic heterocycles. The molecule has 0 atom stereocenters. The third-order valence-electron chi connectivity index (χ3n) is 3.61. The molecule has 3 rings (SSSR count). The number of benzene rings is 1. The molecule has 1 aromatic heterocycles. The van der Waals surface area contributed by atoms with E-state index in [2.05, 4.69) is 47.8 Å². The highest BCUT2D eigenvalue weighted by atomic mass is 15.3. The first-order valence-corrected chi connectivity index (χ1v) is 7.10. The molecule has 1 fully saturated rings. The lowest BCUT2D eigenvalue weighted by molar-refractivity contribution is 0.554. The lowest BCUT2D eigenvalue weighted by Gasteiger charge is -2.07. The average molecular weight is 255 g/mol. The monoisotopic (exact) mass is 255 g/mol. The molecule has 0 amide bonds. The second kappa shape index (κ2) is 5.57. The van der Waals surface area contributed by atoms with Gasteiger partial charge in [-0.15, -0.1) is 0 Å². The van der Waals surface area contributed by atoms with E-state index in [0.29, 0.717) is 0 Å². The van der Waals surface area contributed by atoms with Crippen LogP contribution in [-0.4, -0.2) is 16.3 Å². The fourth-order valence-electron chi connectivity index (χ4n) is 2.39. The molecule has 1 aliphatic carbocycles. The molecule has 1 N–H and O–H groups in total. The van der Waals surface area contributed by atoms with Gasteiger partial charge in [0, 0.05) is 19.3 Å². The van der Waals surface area contributed by atoms with Crippen molar-refractivity contribution in [1.29, 1.82) is 0 Å². The molecule has 0 radical (unpaired) electrons. The van der Waals surface area contributed by atoms with E-state index in [1.165, 1.54) is 29.5 Å². The van der Waals surface area contributed by atoms with E-state index < -0.39 is 0 Å². The summed E-state index contributed by atoms with van der Waals surface area (Å²) in [5.74, 6) is 0.840. The number of nitrogens with zero attached hydrogens (tertiary/aromatic N) is 2. The summed E-state index contributed by atoms with van der Waals surface area (Å²) in [5.41, 5.74) is 4.13. The molecule has 0 unspecified atom stereocenters. The summed E-state index contributed by atoms with van der Waals surface area (Å²) in [6, 6.07) is 8.99. The number of aromatic nitrogens is 2. The van der Waals surface area contributed by atoms with Crippen LogP contribution in [0.15, 0.2) is 36.7 Å². The van der Waals surface area contributed by atoms with Gasteiger partial charge in [0.1, 0.15) is 0 Å². The molecule has 100 valence electrons. The Kier molecular flexibility index (Phi) is 3.65. The van der Waals surface area contributed by atoms with Gasteiger partial charge in [-0.2, -0.15) is 5.10 Å². The molecular weight excluding hydrogens is 234 g/mol. The van der Waals surface area contributed by atoms with Crippen molar-refractivity contribution in [3.63, 3.8) is 0 Å². The molecular formula is C16H21N3. The Labute approximate surface area is 114 Å². The van der Waals surface area contributed by atoms with Crippen molar-refractivity contribution in [2.45, 2.75) is 38.8 Å². The molecule has 3 heteroatoms. The van der Waals surface area contributed by atoms with Crippen molar-refractivity contribution in [2.75, 3.05) is 6.54 Å². The third kappa shape index (κ3) is 3.44. The molecule has 1 aromatic carbocycles. The van der Waals surface area contributed by atoms with Crippen LogP contribution < -0.4 is 5.32 Å². The fraction of sp³-hybridized carbons (Fsp3) is 0.438. The van der Waals surface area contributed by atoms with Crippen molar-refractivity contribution in [3.8, 4) is 0 Å². The van der Waals surface area contributed by atoms with Crippen molar-refractivity contribution in [1.82, 2.24) is 15.1 Å². The van der Waals surface area contributed by atoms with Gasteiger partial charge in [-0.3, -0.25) is 4.68 Å². The van der Waals surface area contributed by atoms with E-state index in [0.717, 1.165) is 25.6 Å². The summed E-state index contributed by atoms with van der Waals surface area (Å²) in [5, 5.41) is 7.77. The topological polar surface area (TPSA) is 29.9 Å². The van der Waals surface area contributed by atoms with E-state index >= 15 is 0 Å². The minimum absolute atomic E-state index is 0.840. The van der Waals surface area contributed by atoms with Crippen molar-refractivity contribution in [2.24, 2.45) is 0 Å². The number of nitrogens with one attached hydrogen (secondary N) is 1. The minimum atomic E-state index is 0.840. The number of aryl methyl sites for hydroxylation is 1. The molecule has 19 heavy (non-hydrogen) atoms. The maximum absolute atomic E-state index is 4.28. The second-order valence-corrected chi connectivity index (χ2v) is 5.48. The van der Waals surface area contributed by atoms with Gasteiger partial charge in [-0.25, -0.2) is 0 Å². The molecule has 0 bridgehead atoms. The van der Waals surface area contributed by atoms with Crippen LogP contribution in [0.25, 0.3) is 0 Å². The number of rotatable bonds is 6. The van der Waals surface area contributed by atoms with Crippen LogP contribution in [0.5, 0.6) is 0 Å². The molecule has 1 heterocycles. The Bertz CT molecular complexity index is 540. The van der Waals surface area contributed by atoms with Crippen LogP contribution in [0.4, 0.5) is 0 Å². The average Bonchev–Trinajstić information content (AvgIpc) is 3.19. The SMILES string of the molecule is Cc1cnn(CCNCc2cccc(C3CC3)c2)c1. The van der Waals surface area contributed by atoms with Crippen molar-refractivity contribution in [3.05, 3.63) is 53.3 Å². The zero-order valence-corrected chi connectivity index (χ0v) is 11.5. The second-order valence-electron chi connectivity index (χ2n) is 5.48. The zero-order chi connectivity index (χ0) is 13.1. The highest BCUT2D eigenvalue weighted by molar-refractivity contribution is 5.29. The predicted octanol–water partition coefficient (Wildman–Crippen LogP) is 2.86. The first kappa shape index (κ1) is 12.4. The van der Waals surface area contributed by atoms with Gasteiger partial charge in [-0.05, 0) is 42.4 Å². The van der Waals surface area contributed by atoms with Crippen LogP contribution in [0.1, 0.15) is 35.4 Å². The fourth-order valence-corrected chi connectivity index (χ4v) is 2.39. The molecule has 0 saturated heterocycles. The maximum Gasteiger partial charge on any atom is 0.0534 e. The Morgan fingerprint density at radius 1 is 1.37 bits per heavy atom. The predicted molar refractivity (Wildman–Crippen MR) is 77.1 cm³/mol. The Balaban J connectivity index is 1.45. The van der Waals surface area contributed by atoms with Crippen LogP contribution in [0.3, 0.4) is 0 Å². The lowest BCUT2D eigenvalue weighted by atomic mass is 10.1. The van der Waals surface area contributed by atoms with E-state index in [4.69, 9.17) is 0 Å². The Hall–Kier alpha value is -1.61. The van der Waals surface area contributed by atoms with Crippen molar-refractivity contribution >= 4 is 0 Å². The quantitative estimate of drug-likeness (QED) is 0.804. The number of hydrogen-bond donors (Lipinski definition) is 1. The van der Waals surface area contributed by atoms with E-state index in [-0.39, 0.29) is 0 Å². The van der Waals surface area contributed by atoms with Crippen LogP contribution in [-0.2, 0) is 13.1 Å². The lowest BCUT2D eigenvalue weighted by Crippen LogP contribution is -2.19. The number of hydrogen-bond acceptors (Lipinski definition) is 2. The molecule has 0 spiro atoms. The largest absolute Gasteiger partial charge is 0.311 e. The van der Waals surface area contributed by atoms with Gasteiger partial charge in [-0.1, -0.05) is 24.3 Å². The highest BCUT2D eigenvalue weighted by Gasteiger charge is 2.23. The van der Waals surface area contributed by atoms with Crippen LogP contribution in [0.2, 0.25) is 0 Å². The summed E-state index contributed by atoms with van der Waals surface area (Å²) in [7, 11) is 0. The molecule has 3 nitrogen and oxygen atoms in total. The summed E-state index contributed by atoms with van der Waals surface area (Å²) in [6.07, 6.45) is 6.72. The van der Waals surface area contributed by atoms with Gasteiger partial charge >= 0.3 is 0 Å². The van der Waals surface area contributed by atoms with Gasteiger partial charge < -0.3 is 5.32 Å². The summed E-state index contributed by atoms with van der Waals surface area (Å²) < 4.78 is 1.99. The first-order valence-electron chi connectivity index (χ1n) is 7.10. The zero-order valence-electron chi connectivity index (χ0n) is 11.5. The maximum atomic E-state index is 4.28. The van der Waals surface area contributed by atoms with Gasteiger partial charge in [0.25, 0.3) is 0 Å². The normalized spacial score (nSPS) is 14.8. The Morgan fingerprint density at radius 3 is 3.00 bits per heavy atom. The summed E-state index contributed by atoms with van der Waals surface area (Å²) in [4.78, 5) is 0. The molecule has 1 aliphatic rings. The summed E-state index contributed by atoms with van der Waals surface area (Å²) >= 11 is 0. The summed E-state index contributed by atoms with van der Waals surface area (Å²) in [6.45, 7) is 4.89. The third-order valence-corrected chi connectivity index (χ3v) is 3.61. The van der Waals surface area contributed by atoms with E-state index in [1.54, 1.807) is 0 Å². The van der Waals surface area contributed by atoms with Gasteiger partial charge in [0.05, 0.1) is 12.7 Å².